The largest absolute Gasteiger partial charge is 0.285 e. The highest BCUT2D eigenvalue weighted by Gasteiger charge is 2.20. The van der Waals surface area contributed by atoms with Crippen molar-refractivity contribution in [2.45, 2.75) is 0 Å². The molecule has 2 nitrogen and oxygen atoms in total. The number of hydrogen-bond acceptors (Lipinski definition) is 3. The molecule has 0 atom stereocenters. The molecule has 0 N–H and O–H groups in total. The molecular formula is C37H22N2S2. The zero-order valence-electron chi connectivity index (χ0n) is 21.9. The van der Waals surface area contributed by atoms with E-state index in [4.69, 9.17) is 4.98 Å². The number of nitrogens with zero attached hydrogens (tertiary/aromatic N) is 2. The summed E-state index contributed by atoms with van der Waals surface area (Å²) in [4.78, 5) is 5.40. The highest BCUT2D eigenvalue weighted by atomic mass is 32.1. The molecular weight excluding hydrogens is 537 g/mol. The summed E-state index contributed by atoms with van der Waals surface area (Å²) in [5, 5.41) is 6.05. The Morgan fingerprint density at radius 1 is 0.463 bits per heavy atom. The molecule has 0 aliphatic heterocycles. The second kappa shape index (κ2) is 8.87. The fraction of sp³-hybridized carbons (Fsp3) is 0. The first-order valence-electron chi connectivity index (χ1n) is 13.7. The molecule has 3 heterocycles. The Hall–Kier alpha value is -4.77. The van der Waals surface area contributed by atoms with Gasteiger partial charge in [-0.3, -0.25) is 4.57 Å². The van der Waals surface area contributed by atoms with Gasteiger partial charge in [-0.15, -0.1) is 11.3 Å². The third kappa shape index (κ3) is 3.45. The number of rotatable bonds is 3. The number of thiophene rings is 1. The lowest BCUT2D eigenvalue weighted by Crippen LogP contribution is -1.93. The molecule has 6 aromatic carbocycles. The van der Waals surface area contributed by atoms with Gasteiger partial charge in [-0.1, -0.05) is 114 Å². The van der Waals surface area contributed by atoms with Crippen LogP contribution in [0.2, 0.25) is 0 Å². The number of benzene rings is 6. The third-order valence-corrected chi connectivity index (χ3v) is 10.2. The van der Waals surface area contributed by atoms with E-state index in [1.54, 1.807) is 11.3 Å². The smallest absolute Gasteiger partial charge is 0.195 e. The van der Waals surface area contributed by atoms with E-state index < -0.39 is 0 Å². The van der Waals surface area contributed by atoms with E-state index in [9.17, 15) is 0 Å². The average molecular weight is 559 g/mol. The first-order chi connectivity index (χ1) is 20.3. The van der Waals surface area contributed by atoms with Crippen LogP contribution in [0.4, 0.5) is 0 Å². The van der Waals surface area contributed by atoms with Crippen molar-refractivity contribution in [2.75, 3.05) is 0 Å². The van der Waals surface area contributed by atoms with Gasteiger partial charge in [0.15, 0.2) is 5.13 Å². The Balaban J connectivity index is 1.40. The number of fused-ring (bicyclic) bond motifs is 8. The van der Waals surface area contributed by atoms with Crippen LogP contribution in [0.3, 0.4) is 0 Å². The zero-order chi connectivity index (χ0) is 26.9. The SMILES string of the molecule is c1ccc(-c2ccc3c4c(-c5ccccc5)cccc4n(-c4nc5c(ccc6sc7ccccc7c65)s4)c3c2)cc1. The van der Waals surface area contributed by atoms with E-state index in [2.05, 4.69) is 138 Å². The van der Waals surface area contributed by atoms with Gasteiger partial charge in [0.05, 0.1) is 21.3 Å². The first kappa shape index (κ1) is 23.0. The minimum Gasteiger partial charge on any atom is -0.285 e. The molecule has 9 aromatic rings. The summed E-state index contributed by atoms with van der Waals surface area (Å²) in [5.74, 6) is 0. The van der Waals surface area contributed by atoms with Gasteiger partial charge < -0.3 is 0 Å². The van der Waals surface area contributed by atoms with Crippen molar-refractivity contribution in [3.63, 3.8) is 0 Å². The normalized spacial score (nSPS) is 11.9. The summed E-state index contributed by atoms with van der Waals surface area (Å²) in [6, 6.07) is 48.1. The van der Waals surface area contributed by atoms with Crippen molar-refractivity contribution in [1.29, 1.82) is 0 Å². The van der Waals surface area contributed by atoms with Crippen LogP contribution < -0.4 is 0 Å². The fourth-order valence-electron chi connectivity index (χ4n) is 6.23. The molecule has 41 heavy (non-hydrogen) atoms. The molecule has 192 valence electrons. The molecule has 0 amide bonds. The molecule has 0 aliphatic rings. The van der Waals surface area contributed by atoms with Crippen LogP contribution in [0.15, 0.2) is 133 Å². The molecule has 0 radical (unpaired) electrons. The van der Waals surface area contributed by atoms with Gasteiger partial charge in [0.1, 0.15) is 0 Å². The topological polar surface area (TPSA) is 17.8 Å². The Labute approximate surface area is 244 Å². The Kier molecular flexibility index (Phi) is 4.97. The van der Waals surface area contributed by atoms with Crippen molar-refractivity contribution in [2.24, 2.45) is 0 Å². The van der Waals surface area contributed by atoms with Crippen molar-refractivity contribution < 1.29 is 0 Å². The maximum Gasteiger partial charge on any atom is 0.195 e. The minimum atomic E-state index is 0.998. The summed E-state index contributed by atoms with van der Waals surface area (Å²) in [7, 11) is 0. The van der Waals surface area contributed by atoms with E-state index in [1.165, 1.54) is 68.9 Å². The van der Waals surface area contributed by atoms with Crippen LogP contribution in [0.1, 0.15) is 0 Å². The Morgan fingerprint density at radius 2 is 1.22 bits per heavy atom. The van der Waals surface area contributed by atoms with Crippen molar-refractivity contribution >= 4 is 74.9 Å². The summed E-state index contributed by atoms with van der Waals surface area (Å²) in [6.07, 6.45) is 0. The molecule has 0 saturated carbocycles. The lowest BCUT2D eigenvalue weighted by Gasteiger charge is -2.06. The molecule has 0 spiro atoms. The van der Waals surface area contributed by atoms with Gasteiger partial charge in [0, 0.05) is 30.9 Å². The highest BCUT2D eigenvalue weighted by Crippen LogP contribution is 2.44. The summed E-state index contributed by atoms with van der Waals surface area (Å²) >= 11 is 3.62. The average Bonchev–Trinajstić information content (AvgIpc) is 3.72. The maximum absolute atomic E-state index is 5.40. The number of thiazole rings is 1. The lowest BCUT2D eigenvalue weighted by molar-refractivity contribution is 1.15. The Bertz CT molecular complexity index is 2410. The van der Waals surface area contributed by atoms with Gasteiger partial charge in [0.25, 0.3) is 0 Å². The van der Waals surface area contributed by atoms with Crippen LogP contribution in [0.5, 0.6) is 0 Å². The van der Waals surface area contributed by atoms with Crippen LogP contribution in [0.25, 0.3) is 79.6 Å². The van der Waals surface area contributed by atoms with Crippen LogP contribution in [0, 0.1) is 0 Å². The first-order valence-corrected chi connectivity index (χ1v) is 15.4. The van der Waals surface area contributed by atoms with E-state index in [0.29, 0.717) is 0 Å². The van der Waals surface area contributed by atoms with Crippen LogP contribution >= 0.6 is 22.7 Å². The van der Waals surface area contributed by atoms with E-state index in [0.717, 1.165) is 10.6 Å². The molecule has 0 aliphatic carbocycles. The van der Waals surface area contributed by atoms with Crippen molar-refractivity contribution in [3.8, 4) is 27.4 Å². The summed E-state index contributed by atoms with van der Waals surface area (Å²) in [5.41, 5.74) is 8.33. The van der Waals surface area contributed by atoms with Crippen LogP contribution in [-0.4, -0.2) is 9.55 Å². The standard InChI is InChI=1S/C37H22N2S2/c1-3-10-23(11-4-1)25-18-19-27-30(22-25)39(29-16-9-15-26(34(27)29)24-12-5-2-6-13-24)37-38-36-33(41-37)21-20-32-35(36)28-14-7-8-17-31(28)40-32/h1-22H. The fourth-order valence-corrected chi connectivity index (χ4v) is 8.34. The third-order valence-electron chi connectivity index (χ3n) is 8.06. The van der Waals surface area contributed by atoms with Crippen LogP contribution in [-0.2, 0) is 0 Å². The summed E-state index contributed by atoms with van der Waals surface area (Å²) in [6.45, 7) is 0. The molecule has 4 heteroatoms. The molecule has 9 rings (SSSR count). The second-order valence-electron chi connectivity index (χ2n) is 10.4. The van der Waals surface area contributed by atoms with Gasteiger partial charge in [-0.2, -0.15) is 0 Å². The van der Waals surface area contributed by atoms with Gasteiger partial charge in [0.2, 0.25) is 0 Å². The van der Waals surface area contributed by atoms with Crippen molar-refractivity contribution in [3.05, 3.63) is 133 Å². The predicted molar refractivity (Wildman–Crippen MR) is 178 cm³/mol. The molecule has 0 unspecified atom stereocenters. The van der Waals surface area contributed by atoms with Gasteiger partial charge in [-0.25, -0.2) is 4.98 Å². The number of aromatic nitrogens is 2. The molecule has 3 aromatic heterocycles. The van der Waals surface area contributed by atoms with E-state index >= 15 is 0 Å². The maximum atomic E-state index is 5.40. The zero-order valence-corrected chi connectivity index (χ0v) is 23.5. The molecule has 0 bridgehead atoms. The van der Waals surface area contributed by atoms with Crippen molar-refractivity contribution in [1.82, 2.24) is 9.55 Å². The predicted octanol–water partition coefficient (Wildman–Crippen LogP) is 11.1. The van der Waals surface area contributed by atoms with Gasteiger partial charge in [-0.05, 0) is 52.6 Å². The van der Waals surface area contributed by atoms with E-state index in [-0.39, 0.29) is 0 Å². The molecule has 0 fully saturated rings. The second-order valence-corrected chi connectivity index (χ2v) is 12.5. The monoisotopic (exact) mass is 558 g/mol. The quantitative estimate of drug-likeness (QED) is 0.211. The van der Waals surface area contributed by atoms with Gasteiger partial charge >= 0.3 is 0 Å². The Morgan fingerprint density at radius 3 is 2.07 bits per heavy atom. The minimum absolute atomic E-state index is 0.998. The highest BCUT2D eigenvalue weighted by molar-refractivity contribution is 7.26. The lowest BCUT2D eigenvalue weighted by atomic mass is 9.98. The van der Waals surface area contributed by atoms with E-state index in [1.807, 2.05) is 11.3 Å². The molecule has 0 saturated heterocycles. The number of hydrogen-bond donors (Lipinski definition) is 0. The summed E-state index contributed by atoms with van der Waals surface area (Å²) < 4.78 is 6.19.